The maximum absolute atomic E-state index is 5.95. The monoisotopic (exact) mass is 554 g/mol. The Labute approximate surface area is 234 Å². The van der Waals surface area contributed by atoms with Gasteiger partial charge < -0.3 is 10.1 Å². The fraction of sp³-hybridized carbons (Fsp3) is 0.276. The van der Waals surface area contributed by atoms with E-state index in [4.69, 9.17) is 27.9 Å². The third-order valence-electron chi connectivity index (χ3n) is 6.04. The summed E-state index contributed by atoms with van der Waals surface area (Å²) in [6.45, 7) is 9.42. The largest absolute Gasteiger partial charge is 0.494 e. The van der Waals surface area contributed by atoms with Crippen LogP contribution in [-0.2, 0) is 0 Å². The van der Waals surface area contributed by atoms with E-state index in [9.17, 15) is 0 Å². The summed E-state index contributed by atoms with van der Waals surface area (Å²) in [6, 6.07) is 12.0. The predicted octanol–water partition coefficient (Wildman–Crippen LogP) is 8.19. The lowest BCUT2D eigenvalue weighted by molar-refractivity contribution is 0.414. The lowest BCUT2D eigenvalue weighted by atomic mass is 9.86. The molecule has 1 aliphatic rings. The fourth-order valence-electron chi connectivity index (χ4n) is 4.14. The minimum atomic E-state index is 0.426. The van der Waals surface area contributed by atoms with E-state index in [2.05, 4.69) is 45.7 Å². The number of nitrogens with one attached hydrogen (secondary N) is 1. The van der Waals surface area contributed by atoms with E-state index in [1.54, 1.807) is 31.6 Å². The maximum Gasteiger partial charge on any atom is 0.145 e. The molecule has 0 fully saturated rings. The number of hydrogen-bond acceptors (Lipinski definition) is 6. The Kier molecular flexibility index (Phi) is 11.2. The Morgan fingerprint density at radius 3 is 2.57 bits per heavy atom. The van der Waals surface area contributed by atoms with E-state index in [0.29, 0.717) is 16.8 Å². The van der Waals surface area contributed by atoms with Crippen molar-refractivity contribution in [1.29, 1.82) is 0 Å². The van der Waals surface area contributed by atoms with Gasteiger partial charge >= 0.3 is 0 Å². The minimum absolute atomic E-state index is 0.426. The molecule has 0 saturated heterocycles. The van der Waals surface area contributed by atoms with Crippen molar-refractivity contribution >= 4 is 47.8 Å². The van der Waals surface area contributed by atoms with Crippen LogP contribution in [0.5, 0.6) is 5.75 Å². The molecule has 5 nitrogen and oxygen atoms in total. The van der Waals surface area contributed by atoms with Crippen molar-refractivity contribution in [2.75, 3.05) is 20.0 Å². The van der Waals surface area contributed by atoms with Crippen molar-refractivity contribution in [3.8, 4) is 16.9 Å². The van der Waals surface area contributed by atoms with Gasteiger partial charge in [-0.3, -0.25) is 9.98 Å². The molecule has 2 aromatic heterocycles. The van der Waals surface area contributed by atoms with Gasteiger partial charge in [-0.25, -0.2) is 4.98 Å². The number of ether oxygens (including phenoxy) is 1. The van der Waals surface area contributed by atoms with Crippen LogP contribution in [0.2, 0.25) is 10.2 Å². The molecular weight excluding hydrogens is 523 g/mol. The van der Waals surface area contributed by atoms with E-state index < -0.39 is 0 Å². The van der Waals surface area contributed by atoms with Crippen LogP contribution < -0.4 is 10.1 Å². The average Bonchev–Trinajstić information content (AvgIpc) is 2.92. The lowest BCUT2D eigenvalue weighted by Gasteiger charge is -2.25. The summed E-state index contributed by atoms with van der Waals surface area (Å²) in [7, 11) is 3.57. The third-order valence-corrected chi connectivity index (χ3v) is 7.68. The molecule has 4 rings (SSSR count). The van der Waals surface area contributed by atoms with E-state index in [1.807, 2.05) is 43.9 Å². The molecule has 0 spiro atoms. The normalized spacial score (nSPS) is 15.0. The number of aryl methyl sites for hydroxylation is 1. The maximum atomic E-state index is 5.95. The smallest absolute Gasteiger partial charge is 0.145 e. The molecule has 0 saturated carbocycles. The molecule has 0 amide bonds. The van der Waals surface area contributed by atoms with Crippen molar-refractivity contribution in [2.45, 2.75) is 32.1 Å². The van der Waals surface area contributed by atoms with Gasteiger partial charge in [0, 0.05) is 44.5 Å². The summed E-state index contributed by atoms with van der Waals surface area (Å²) in [5.74, 6) is 2.16. The summed E-state index contributed by atoms with van der Waals surface area (Å²) in [6.07, 6.45) is 8.37. The Bertz CT molecular complexity index is 1260. The van der Waals surface area contributed by atoms with Crippen LogP contribution in [0, 0.1) is 6.92 Å². The molecule has 194 valence electrons. The number of aromatic nitrogens is 2. The SMILES string of the molecule is C=Cc1cnc(C)cc1-c1cc(Cl)ncc1OC.C=NC1=C(SCNC)CC(c2ccc(Cl)cc2)CC1. The number of benzene rings is 1. The molecule has 1 unspecified atom stereocenters. The lowest BCUT2D eigenvalue weighted by Crippen LogP contribution is -2.10. The molecule has 0 aliphatic heterocycles. The number of rotatable bonds is 8. The van der Waals surface area contributed by atoms with Gasteiger partial charge in [0.15, 0.2) is 0 Å². The highest BCUT2D eigenvalue weighted by Crippen LogP contribution is 2.41. The Hall–Kier alpha value is -2.64. The van der Waals surface area contributed by atoms with Crippen LogP contribution >= 0.6 is 35.0 Å². The van der Waals surface area contributed by atoms with Crippen LogP contribution in [-0.4, -0.2) is 36.7 Å². The molecule has 2 heterocycles. The predicted molar refractivity (Wildman–Crippen MR) is 160 cm³/mol. The van der Waals surface area contributed by atoms with Gasteiger partial charge in [-0.2, -0.15) is 0 Å². The van der Waals surface area contributed by atoms with Crippen molar-refractivity contribution in [3.05, 3.63) is 93.0 Å². The molecular formula is C29H32Cl2N4OS. The highest BCUT2D eigenvalue weighted by Gasteiger charge is 2.22. The van der Waals surface area contributed by atoms with Crippen molar-refractivity contribution in [3.63, 3.8) is 0 Å². The number of aliphatic imine (C=N–C) groups is 1. The number of nitrogens with zero attached hydrogens (tertiary/aromatic N) is 3. The molecule has 1 N–H and O–H groups in total. The van der Waals surface area contributed by atoms with E-state index >= 15 is 0 Å². The molecule has 0 radical (unpaired) electrons. The molecule has 1 aliphatic carbocycles. The Balaban J connectivity index is 0.000000206. The molecule has 1 aromatic carbocycles. The first-order valence-corrected chi connectivity index (χ1v) is 13.6. The van der Waals surface area contributed by atoms with Gasteiger partial charge in [0.2, 0.25) is 0 Å². The zero-order valence-corrected chi connectivity index (χ0v) is 23.8. The molecule has 3 aromatic rings. The standard InChI is InChI=1S/C15H19ClN2S.C14H13ClN2O/c1-17-10-19-15-9-12(5-8-14(15)18-2)11-3-6-13(16)7-4-11;1-4-10-7-16-9(2)5-11(10)12-6-14(15)17-8-13(12)18-3/h3-4,6-7,12,17H,2,5,8-10H2,1H3;4-8H,1H2,2-3H3. The first kappa shape index (κ1) is 28.9. The van der Waals surface area contributed by atoms with Gasteiger partial charge in [0.1, 0.15) is 10.9 Å². The molecule has 37 heavy (non-hydrogen) atoms. The van der Waals surface area contributed by atoms with Gasteiger partial charge in [-0.15, -0.1) is 11.8 Å². The Morgan fingerprint density at radius 2 is 1.92 bits per heavy atom. The number of thioether (sulfide) groups is 1. The van der Waals surface area contributed by atoms with E-state index in [-0.39, 0.29) is 0 Å². The van der Waals surface area contributed by atoms with Crippen molar-refractivity contribution < 1.29 is 4.74 Å². The third kappa shape index (κ3) is 7.92. The summed E-state index contributed by atoms with van der Waals surface area (Å²) >= 11 is 13.7. The summed E-state index contributed by atoms with van der Waals surface area (Å²) in [5.41, 5.74) is 6.27. The van der Waals surface area contributed by atoms with E-state index in [1.165, 1.54) is 16.2 Å². The first-order valence-electron chi connectivity index (χ1n) is 11.9. The van der Waals surface area contributed by atoms with Crippen LogP contribution in [0.25, 0.3) is 17.2 Å². The highest BCUT2D eigenvalue weighted by molar-refractivity contribution is 8.03. The second-order valence-corrected chi connectivity index (χ2v) is 10.4. The summed E-state index contributed by atoms with van der Waals surface area (Å²) < 4.78 is 5.32. The van der Waals surface area contributed by atoms with Gasteiger partial charge in [0.05, 0.1) is 13.3 Å². The zero-order chi connectivity index (χ0) is 26.8. The quantitative estimate of drug-likeness (QED) is 0.173. The summed E-state index contributed by atoms with van der Waals surface area (Å²) in [4.78, 5) is 13.8. The van der Waals surface area contributed by atoms with Gasteiger partial charge in [-0.05, 0) is 81.3 Å². The molecule has 1 atom stereocenters. The van der Waals surface area contributed by atoms with Crippen LogP contribution in [0.3, 0.4) is 0 Å². The second-order valence-electron chi connectivity index (χ2n) is 8.49. The topological polar surface area (TPSA) is 59.4 Å². The fourth-order valence-corrected chi connectivity index (χ4v) is 5.39. The van der Waals surface area contributed by atoms with Crippen LogP contribution in [0.1, 0.15) is 42.0 Å². The molecule has 8 heteroatoms. The second kappa shape index (κ2) is 14.3. The van der Waals surface area contributed by atoms with Crippen molar-refractivity contribution in [1.82, 2.24) is 15.3 Å². The summed E-state index contributed by atoms with van der Waals surface area (Å²) in [5, 5.41) is 4.40. The van der Waals surface area contributed by atoms with E-state index in [0.717, 1.165) is 52.5 Å². The number of allylic oxidation sites excluding steroid dienone is 2. The van der Waals surface area contributed by atoms with Crippen LogP contribution in [0.15, 0.2) is 71.0 Å². The first-order chi connectivity index (χ1) is 17.9. The minimum Gasteiger partial charge on any atom is -0.494 e. The number of hydrogen-bond donors (Lipinski definition) is 1. The van der Waals surface area contributed by atoms with Gasteiger partial charge in [0.25, 0.3) is 0 Å². The van der Waals surface area contributed by atoms with Crippen LogP contribution in [0.4, 0.5) is 0 Å². The number of methoxy groups -OCH3 is 1. The number of halogens is 2. The zero-order valence-electron chi connectivity index (χ0n) is 21.4. The van der Waals surface area contributed by atoms with Gasteiger partial charge in [-0.1, -0.05) is 48.0 Å². The molecule has 0 bridgehead atoms. The van der Waals surface area contributed by atoms with Crippen molar-refractivity contribution in [2.24, 2.45) is 4.99 Å². The Morgan fingerprint density at radius 1 is 1.16 bits per heavy atom. The average molecular weight is 556 g/mol. The number of pyridine rings is 2. The highest BCUT2D eigenvalue weighted by atomic mass is 35.5.